The molecular formula is C24H28O2S. The number of benzene rings is 1. The molecule has 1 aromatic carbocycles. The molecule has 1 aromatic heterocycles. The van der Waals surface area contributed by atoms with Crippen molar-refractivity contribution in [3.63, 3.8) is 0 Å². The third-order valence-corrected chi connectivity index (χ3v) is 6.48. The van der Waals surface area contributed by atoms with E-state index >= 15 is 0 Å². The van der Waals surface area contributed by atoms with Crippen LogP contribution in [0.4, 0.5) is 0 Å². The summed E-state index contributed by atoms with van der Waals surface area (Å²) in [5.74, 6) is 0.395. The van der Waals surface area contributed by atoms with Crippen LogP contribution in [0.3, 0.4) is 0 Å². The highest BCUT2D eigenvalue weighted by Crippen LogP contribution is 2.39. The molecule has 1 aliphatic carbocycles. The minimum absolute atomic E-state index is 0.254. The van der Waals surface area contributed by atoms with E-state index in [1.54, 1.807) is 0 Å². The molecule has 1 heterocycles. The summed E-state index contributed by atoms with van der Waals surface area (Å²) in [4.78, 5) is 12.0. The van der Waals surface area contributed by atoms with Crippen molar-refractivity contribution in [2.24, 2.45) is 11.8 Å². The number of hydrogen-bond acceptors (Lipinski definition) is 2. The van der Waals surface area contributed by atoms with E-state index < -0.39 is 5.97 Å². The number of fused-ring (bicyclic) bond motifs is 1. The number of hydrogen-bond donors (Lipinski definition) is 1. The Bertz CT molecular complexity index is 810. The Morgan fingerprint density at radius 3 is 2.93 bits per heavy atom. The van der Waals surface area contributed by atoms with Gasteiger partial charge in [0.2, 0.25) is 0 Å². The van der Waals surface area contributed by atoms with Crippen molar-refractivity contribution in [2.45, 2.75) is 44.9 Å². The summed E-state index contributed by atoms with van der Waals surface area (Å²) in [6, 6.07) is 10.9. The molecule has 27 heavy (non-hydrogen) atoms. The molecule has 1 aliphatic rings. The van der Waals surface area contributed by atoms with Crippen LogP contribution in [0.5, 0.6) is 0 Å². The Hall–Kier alpha value is -2.13. The number of thiophene rings is 1. The van der Waals surface area contributed by atoms with E-state index in [0.29, 0.717) is 11.8 Å². The van der Waals surface area contributed by atoms with E-state index in [1.807, 2.05) is 11.3 Å². The van der Waals surface area contributed by atoms with Crippen molar-refractivity contribution in [1.29, 1.82) is 0 Å². The normalized spacial score (nSPS) is 20.4. The van der Waals surface area contributed by atoms with E-state index in [4.69, 9.17) is 5.11 Å². The van der Waals surface area contributed by atoms with Crippen molar-refractivity contribution in [3.8, 4) is 0 Å². The molecule has 1 N–H and O–H groups in total. The molecule has 1 fully saturated rings. The lowest BCUT2D eigenvalue weighted by molar-refractivity contribution is -0.137. The molecular weight excluding hydrogens is 352 g/mol. The fourth-order valence-electron chi connectivity index (χ4n) is 3.84. The molecule has 3 rings (SSSR count). The van der Waals surface area contributed by atoms with Crippen molar-refractivity contribution >= 4 is 27.4 Å². The molecule has 142 valence electrons. The number of carbonyl (C=O) groups is 1. The van der Waals surface area contributed by atoms with Crippen LogP contribution in [0.1, 0.15) is 43.4 Å². The van der Waals surface area contributed by atoms with Gasteiger partial charge in [0.05, 0.1) is 0 Å². The van der Waals surface area contributed by atoms with Gasteiger partial charge in [0.1, 0.15) is 0 Å². The quantitative estimate of drug-likeness (QED) is 0.384. The van der Waals surface area contributed by atoms with Crippen molar-refractivity contribution < 1.29 is 9.90 Å². The molecule has 0 spiro atoms. The zero-order valence-electron chi connectivity index (χ0n) is 15.8. The predicted octanol–water partition coefficient (Wildman–Crippen LogP) is 6.78. The molecule has 0 bridgehead atoms. The van der Waals surface area contributed by atoms with Gasteiger partial charge in [0, 0.05) is 16.0 Å². The minimum Gasteiger partial charge on any atom is -0.481 e. The van der Waals surface area contributed by atoms with Crippen LogP contribution in [0.25, 0.3) is 10.1 Å². The summed E-state index contributed by atoms with van der Waals surface area (Å²) >= 11 is 1.88. The number of rotatable bonds is 9. The van der Waals surface area contributed by atoms with Gasteiger partial charge in [-0.1, -0.05) is 54.7 Å². The van der Waals surface area contributed by atoms with Crippen LogP contribution in [-0.4, -0.2) is 11.1 Å². The monoisotopic (exact) mass is 380 g/mol. The highest BCUT2D eigenvalue weighted by molar-refractivity contribution is 7.19. The minimum atomic E-state index is -0.712. The number of unbranched alkanes of at least 4 members (excludes halogenated alkanes) is 1. The fourth-order valence-corrected chi connectivity index (χ4v) is 4.88. The smallest absolute Gasteiger partial charge is 0.303 e. The van der Waals surface area contributed by atoms with Gasteiger partial charge in [-0.2, -0.15) is 0 Å². The van der Waals surface area contributed by atoms with Gasteiger partial charge < -0.3 is 5.11 Å². The molecule has 2 atom stereocenters. The Balaban J connectivity index is 1.50. The lowest BCUT2D eigenvalue weighted by atomic mass is 9.90. The third kappa shape index (κ3) is 5.67. The van der Waals surface area contributed by atoms with E-state index in [2.05, 4.69) is 61.2 Å². The first-order valence-corrected chi connectivity index (χ1v) is 10.6. The van der Waals surface area contributed by atoms with Crippen LogP contribution in [0.15, 0.2) is 66.8 Å². The largest absolute Gasteiger partial charge is 0.481 e. The summed E-state index contributed by atoms with van der Waals surface area (Å²) in [7, 11) is 0. The molecule has 3 heteroatoms. The number of aliphatic carboxylic acids is 1. The average molecular weight is 381 g/mol. The first-order valence-electron chi connectivity index (χ1n) is 9.82. The molecule has 2 aromatic rings. The molecule has 1 saturated carbocycles. The third-order valence-electron chi connectivity index (χ3n) is 5.34. The summed E-state index contributed by atoms with van der Waals surface area (Å²) in [6.07, 6.45) is 15.2. The number of allylic oxidation sites excluding steroid dienone is 5. The lowest BCUT2D eigenvalue weighted by Gasteiger charge is -2.15. The van der Waals surface area contributed by atoms with E-state index in [0.717, 1.165) is 32.1 Å². The zero-order valence-corrected chi connectivity index (χ0v) is 16.6. The van der Waals surface area contributed by atoms with Crippen molar-refractivity contribution in [1.82, 2.24) is 0 Å². The summed E-state index contributed by atoms with van der Waals surface area (Å²) in [5.41, 5.74) is 1.36. The van der Waals surface area contributed by atoms with E-state index in [1.165, 1.54) is 27.0 Å². The summed E-state index contributed by atoms with van der Waals surface area (Å²) < 4.78 is 1.36. The molecule has 0 radical (unpaired) electrons. The van der Waals surface area contributed by atoms with Crippen LogP contribution < -0.4 is 0 Å². The van der Waals surface area contributed by atoms with Gasteiger partial charge in [0.25, 0.3) is 0 Å². The van der Waals surface area contributed by atoms with Crippen LogP contribution in [0, 0.1) is 11.8 Å². The molecule has 0 amide bonds. The first kappa shape index (κ1) is 19.6. The van der Waals surface area contributed by atoms with Crippen LogP contribution >= 0.6 is 11.3 Å². The van der Waals surface area contributed by atoms with Gasteiger partial charge in [-0.25, -0.2) is 0 Å². The van der Waals surface area contributed by atoms with Crippen LogP contribution in [0.2, 0.25) is 0 Å². The maximum absolute atomic E-state index is 10.5. The van der Waals surface area contributed by atoms with Gasteiger partial charge >= 0.3 is 5.97 Å². The molecule has 0 saturated heterocycles. The van der Waals surface area contributed by atoms with E-state index in [-0.39, 0.29) is 6.42 Å². The second kappa shape index (κ2) is 9.70. The lowest BCUT2D eigenvalue weighted by Crippen LogP contribution is -2.05. The second-order valence-electron chi connectivity index (χ2n) is 7.34. The summed E-state index contributed by atoms with van der Waals surface area (Å²) in [6.45, 7) is 4.28. The van der Waals surface area contributed by atoms with E-state index in [9.17, 15) is 4.79 Å². The van der Waals surface area contributed by atoms with Gasteiger partial charge in [-0.15, -0.1) is 11.3 Å². The Morgan fingerprint density at radius 1 is 1.26 bits per heavy atom. The molecule has 1 unspecified atom stereocenters. The van der Waals surface area contributed by atoms with Gasteiger partial charge in [-0.05, 0) is 67.9 Å². The standard InChI is InChI=1S/C24H28O2S/c1-18-15-16-19(22(18)12-4-2-3-5-14-24(25)26)10-8-11-21-17-20-9-6-7-13-23(20)27-21/h2,4,6-10,13,17,19,22H,1,3,5,11-12,14-16H2,(H,25,26)/b4-2-,10-8+/t19?,22-/m0/s1. The number of carboxylic acids is 1. The topological polar surface area (TPSA) is 37.3 Å². The summed E-state index contributed by atoms with van der Waals surface area (Å²) in [5, 5.41) is 10.0. The predicted molar refractivity (Wildman–Crippen MR) is 115 cm³/mol. The Labute approximate surface area is 165 Å². The Morgan fingerprint density at radius 2 is 2.11 bits per heavy atom. The number of carboxylic acid groups (broad SMARTS) is 1. The highest BCUT2D eigenvalue weighted by Gasteiger charge is 2.27. The SMILES string of the molecule is C=C1CCC(/C=C/Cc2cc3ccccc3s2)[C@H]1C/C=C\CCCC(=O)O. The van der Waals surface area contributed by atoms with Gasteiger partial charge in [0.15, 0.2) is 0 Å². The molecule has 0 aliphatic heterocycles. The van der Waals surface area contributed by atoms with Crippen molar-refractivity contribution in [3.05, 3.63) is 71.7 Å². The molecule has 2 nitrogen and oxygen atoms in total. The fraction of sp³-hybridized carbons (Fsp3) is 0.375. The van der Waals surface area contributed by atoms with Gasteiger partial charge in [-0.3, -0.25) is 4.79 Å². The maximum atomic E-state index is 10.5. The second-order valence-corrected chi connectivity index (χ2v) is 8.51. The Kier molecular flexibility index (Phi) is 7.05. The zero-order chi connectivity index (χ0) is 19.1. The van der Waals surface area contributed by atoms with Crippen molar-refractivity contribution in [2.75, 3.05) is 0 Å². The maximum Gasteiger partial charge on any atom is 0.303 e. The first-order chi connectivity index (χ1) is 13.1. The highest BCUT2D eigenvalue weighted by atomic mass is 32.1. The average Bonchev–Trinajstić information content (AvgIpc) is 3.21. The van der Waals surface area contributed by atoms with Crippen LogP contribution in [-0.2, 0) is 11.2 Å².